The molecule has 1 aliphatic rings. The maximum atomic E-state index is 4.16. The molecule has 0 aliphatic carbocycles. The molecular weight excluding hydrogens is 132 g/mol. The number of aromatic nitrogens is 2. The van der Waals surface area contributed by atoms with Crippen molar-refractivity contribution in [1.29, 1.82) is 0 Å². The number of aryl methyl sites for hydroxylation is 1. The van der Waals surface area contributed by atoms with Gasteiger partial charge in [0, 0.05) is 23.4 Å². The summed E-state index contributed by atoms with van der Waals surface area (Å²) in [5, 5.41) is 4.16. The number of hydrogen-bond acceptors (Lipinski definition) is 2. The van der Waals surface area contributed by atoms with Crippen LogP contribution in [-0.2, 0) is 12.3 Å². The van der Waals surface area contributed by atoms with Gasteiger partial charge in [0.25, 0.3) is 0 Å². The molecule has 1 aliphatic heterocycles. The van der Waals surface area contributed by atoms with Crippen molar-refractivity contribution in [2.45, 2.75) is 12.3 Å². The van der Waals surface area contributed by atoms with Crippen LogP contribution in [0, 0.1) is 0 Å². The van der Waals surface area contributed by atoms with Crippen LogP contribution in [0.3, 0.4) is 0 Å². The van der Waals surface area contributed by atoms with Crippen LogP contribution >= 0.6 is 11.8 Å². The van der Waals surface area contributed by atoms with Gasteiger partial charge in [0.2, 0.25) is 0 Å². The molecule has 3 heteroatoms. The molecule has 0 unspecified atom stereocenters. The molecule has 1 aromatic heterocycles. The molecule has 0 N–H and O–H groups in total. The van der Waals surface area contributed by atoms with Crippen LogP contribution in [0.4, 0.5) is 0 Å². The summed E-state index contributed by atoms with van der Waals surface area (Å²) in [5.74, 6) is 2.36. The Kier molecular flexibility index (Phi) is 1.23. The first-order valence-electron chi connectivity index (χ1n) is 3.05. The lowest BCUT2D eigenvalue weighted by Gasteiger charge is -2.11. The summed E-state index contributed by atoms with van der Waals surface area (Å²) < 4.78 is 2.08. The van der Waals surface area contributed by atoms with Crippen LogP contribution in [0.15, 0.2) is 12.3 Å². The normalized spacial score (nSPS) is 17.3. The van der Waals surface area contributed by atoms with Gasteiger partial charge in [0.1, 0.15) is 0 Å². The molecule has 9 heavy (non-hydrogen) atoms. The van der Waals surface area contributed by atoms with Gasteiger partial charge >= 0.3 is 0 Å². The second-order valence-electron chi connectivity index (χ2n) is 2.10. The van der Waals surface area contributed by atoms with E-state index < -0.39 is 0 Å². The standard InChI is InChI=1S/C6H8N2S/c1-2-7-8-3-4-9-5-6(1)8/h1-2H,3-5H2. The third-order valence-corrected chi connectivity index (χ3v) is 2.47. The molecule has 0 atom stereocenters. The Bertz CT molecular complexity index is 186. The lowest BCUT2D eigenvalue weighted by molar-refractivity contribution is 0.633. The molecular formula is C6H8N2S. The van der Waals surface area contributed by atoms with Crippen molar-refractivity contribution in [3.05, 3.63) is 18.0 Å². The number of hydrogen-bond donors (Lipinski definition) is 0. The Morgan fingerprint density at radius 3 is 3.56 bits per heavy atom. The predicted octanol–water partition coefficient (Wildman–Crippen LogP) is 1.13. The molecule has 0 saturated heterocycles. The highest BCUT2D eigenvalue weighted by Crippen LogP contribution is 2.16. The molecule has 0 bridgehead atoms. The Balaban J connectivity index is 2.39. The summed E-state index contributed by atoms with van der Waals surface area (Å²) in [6, 6.07) is 2.09. The van der Waals surface area contributed by atoms with Gasteiger partial charge in [-0.05, 0) is 6.07 Å². The predicted molar refractivity (Wildman–Crippen MR) is 38.4 cm³/mol. The summed E-state index contributed by atoms with van der Waals surface area (Å²) in [4.78, 5) is 0. The molecule has 2 nitrogen and oxygen atoms in total. The topological polar surface area (TPSA) is 17.8 Å². The summed E-state index contributed by atoms with van der Waals surface area (Å²) in [7, 11) is 0. The van der Waals surface area contributed by atoms with E-state index in [0.717, 1.165) is 12.3 Å². The first-order chi connectivity index (χ1) is 4.47. The van der Waals surface area contributed by atoms with Crippen molar-refractivity contribution in [2.75, 3.05) is 5.75 Å². The van der Waals surface area contributed by atoms with E-state index in [-0.39, 0.29) is 0 Å². The SMILES string of the molecule is c1cc2n(n1)CCSC2. The largest absolute Gasteiger partial charge is 0.268 e. The summed E-state index contributed by atoms with van der Waals surface area (Å²) in [5.41, 5.74) is 1.37. The number of rotatable bonds is 0. The first-order valence-corrected chi connectivity index (χ1v) is 4.21. The average molecular weight is 140 g/mol. The fourth-order valence-electron chi connectivity index (χ4n) is 1.01. The smallest absolute Gasteiger partial charge is 0.0503 e. The minimum Gasteiger partial charge on any atom is -0.268 e. The van der Waals surface area contributed by atoms with E-state index in [4.69, 9.17) is 0 Å². The third-order valence-electron chi connectivity index (χ3n) is 1.50. The molecule has 0 aromatic carbocycles. The highest BCUT2D eigenvalue weighted by Gasteiger charge is 2.06. The van der Waals surface area contributed by atoms with Crippen LogP contribution < -0.4 is 0 Å². The van der Waals surface area contributed by atoms with E-state index in [2.05, 4.69) is 15.8 Å². The third kappa shape index (κ3) is 0.852. The van der Waals surface area contributed by atoms with Gasteiger partial charge in [-0.25, -0.2) is 0 Å². The van der Waals surface area contributed by atoms with Crippen molar-refractivity contribution in [2.24, 2.45) is 0 Å². The first kappa shape index (κ1) is 5.35. The summed E-state index contributed by atoms with van der Waals surface area (Å²) >= 11 is 1.98. The fourth-order valence-corrected chi connectivity index (χ4v) is 1.91. The summed E-state index contributed by atoms with van der Waals surface area (Å²) in [6.45, 7) is 1.09. The van der Waals surface area contributed by atoms with Crippen molar-refractivity contribution < 1.29 is 0 Å². The summed E-state index contributed by atoms with van der Waals surface area (Å²) in [6.07, 6.45) is 1.88. The van der Waals surface area contributed by atoms with Crippen molar-refractivity contribution in [3.8, 4) is 0 Å². The van der Waals surface area contributed by atoms with Crippen LogP contribution in [0.1, 0.15) is 5.69 Å². The van der Waals surface area contributed by atoms with E-state index in [1.807, 2.05) is 18.0 Å². The van der Waals surface area contributed by atoms with Gasteiger partial charge in [0.05, 0.1) is 6.54 Å². The Morgan fingerprint density at radius 1 is 1.67 bits per heavy atom. The number of nitrogens with zero attached hydrogens (tertiary/aromatic N) is 2. The molecule has 0 saturated carbocycles. The highest BCUT2D eigenvalue weighted by molar-refractivity contribution is 7.98. The van der Waals surface area contributed by atoms with Crippen LogP contribution in [0.25, 0.3) is 0 Å². The zero-order valence-electron chi connectivity index (χ0n) is 5.08. The zero-order valence-corrected chi connectivity index (χ0v) is 5.90. The van der Waals surface area contributed by atoms with E-state index in [0.29, 0.717) is 0 Å². The van der Waals surface area contributed by atoms with Gasteiger partial charge < -0.3 is 0 Å². The number of thioether (sulfide) groups is 1. The van der Waals surface area contributed by atoms with Gasteiger partial charge in [-0.3, -0.25) is 4.68 Å². The van der Waals surface area contributed by atoms with Gasteiger partial charge in [-0.1, -0.05) is 0 Å². The van der Waals surface area contributed by atoms with Gasteiger partial charge in [-0.15, -0.1) is 0 Å². The van der Waals surface area contributed by atoms with E-state index in [9.17, 15) is 0 Å². The van der Waals surface area contributed by atoms with Crippen LogP contribution in [0.2, 0.25) is 0 Å². The Labute approximate surface area is 58.3 Å². The maximum Gasteiger partial charge on any atom is 0.0503 e. The minimum absolute atomic E-state index is 1.09. The molecule has 2 heterocycles. The van der Waals surface area contributed by atoms with Crippen molar-refractivity contribution in [1.82, 2.24) is 9.78 Å². The average Bonchev–Trinajstić information content (AvgIpc) is 2.33. The molecule has 2 rings (SSSR count). The molecule has 0 spiro atoms. The zero-order chi connectivity index (χ0) is 6.10. The van der Waals surface area contributed by atoms with E-state index in [1.54, 1.807) is 0 Å². The Morgan fingerprint density at radius 2 is 2.67 bits per heavy atom. The lowest BCUT2D eigenvalue weighted by atomic mass is 10.5. The van der Waals surface area contributed by atoms with Crippen LogP contribution in [-0.4, -0.2) is 15.5 Å². The monoisotopic (exact) mass is 140 g/mol. The maximum absolute atomic E-state index is 4.16. The van der Waals surface area contributed by atoms with Gasteiger partial charge in [0.15, 0.2) is 0 Å². The quantitative estimate of drug-likeness (QED) is 0.537. The van der Waals surface area contributed by atoms with Crippen molar-refractivity contribution in [3.63, 3.8) is 0 Å². The molecule has 48 valence electrons. The molecule has 0 radical (unpaired) electrons. The molecule has 0 fully saturated rings. The highest BCUT2D eigenvalue weighted by atomic mass is 32.2. The van der Waals surface area contributed by atoms with Gasteiger partial charge in [-0.2, -0.15) is 16.9 Å². The van der Waals surface area contributed by atoms with E-state index >= 15 is 0 Å². The van der Waals surface area contributed by atoms with Crippen LogP contribution in [0.5, 0.6) is 0 Å². The molecule has 1 aromatic rings. The second kappa shape index (κ2) is 2.06. The minimum atomic E-state index is 1.09. The number of fused-ring (bicyclic) bond motifs is 1. The lowest BCUT2D eigenvalue weighted by Crippen LogP contribution is -2.10. The fraction of sp³-hybridized carbons (Fsp3) is 0.500. The second-order valence-corrected chi connectivity index (χ2v) is 3.20. The van der Waals surface area contributed by atoms with Crippen molar-refractivity contribution >= 4 is 11.8 Å². The Hall–Kier alpha value is -0.440. The van der Waals surface area contributed by atoms with E-state index in [1.165, 1.54) is 11.4 Å². The molecule has 0 amide bonds.